The Morgan fingerprint density at radius 3 is 1.80 bits per heavy atom. The van der Waals surface area contributed by atoms with Crippen LogP contribution < -0.4 is 9.64 Å². The van der Waals surface area contributed by atoms with Gasteiger partial charge < -0.3 is 9.64 Å². The van der Waals surface area contributed by atoms with Gasteiger partial charge in [0.05, 0.1) is 0 Å². The van der Waals surface area contributed by atoms with E-state index < -0.39 is 0 Å². The van der Waals surface area contributed by atoms with E-state index in [1.54, 1.807) is 0 Å². The van der Waals surface area contributed by atoms with E-state index in [0.29, 0.717) is 11.8 Å². The van der Waals surface area contributed by atoms with Gasteiger partial charge in [0, 0.05) is 45.2 Å². The van der Waals surface area contributed by atoms with Gasteiger partial charge in [-0.1, -0.05) is 107 Å². The summed E-state index contributed by atoms with van der Waals surface area (Å²) < 4.78 is 7.28. The molecule has 4 bridgehead atoms. The minimum absolute atomic E-state index is 0.00133. The van der Waals surface area contributed by atoms with Crippen molar-refractivity contribution in [3.8, 4) is 22.6 Å². The van der Waals surface area contributed by atoms with Crippen molar-refractivity contribution < 1.29 is 4.74 Å². The number of fused-ring (bicyclic) bond motifs is 3. The van der Waals surface area contributed by atoms with Crippen molar-refractivity contribution in [1.82, 2.24) is 0 Å². The largest absolute Gasteiger partial charge is 0.456 e. The summed E-state index contributed by atoms with van der Waals surface area (Å²) in [7, 11) is 0. The Morgan fingerprint density at radius 1 is 0.520 bits per heavy atom. The Labute approximate surface area is 298 Å². The molecule has 11 rings (SSSR count). The van der Waals surface area contributed by atoms with Crippen molar-refractivity contribution >= 4 is 17.1 Å². The standard InChI is InChI=1S/C48H49NO/c1-46(2)22-23-47(3,4)43-29-37(18-20-40(43)46)49(36-14-9-6-10-15-36)38-19-21-41-44(30-38)50-45-39(33-12-7-5-8-13-33)16-11-17-42(45)48(41)34-25-31-24-32(27-34)28-35(48)26-31/h5-21,29-32,34-35H,22-28H2,1-4H3. The van der Waals surface area contributed by atoms with Crippen LogP contribution in [-0.4, -0.2) is 0 Å². The van der Waals surface area contributed by atoms with Crippen LogP contribution in [0, 0.1) is 23.7 Å². The van der Waals surface area contributed by atoms with E-state index in [1.807, 2.05) is 0 Å². The molecular weight excluding hydrogens is 607 g/mol. The van der Waals surface area contributed by atoms with E-state index in [9.17, 15) is 0 Å². The van der Waals surface area contributed by atoms with Crippen molar-refractivity contribution in [2.45, 2.75) is 88.9 Å². The lowest BCUT2D eigenvalue weighted by molar-refractivity contribution is -0.0451. The van der Waals surface area contributed by atoms with Crippen LogP contribution in [0.5, 0.6) is 11.5 Å². The minimum Gasteiger partial charge on any atom is -0.456 e. The fourth-order valence-corrected chi connectivity index (χ4v) is 11.7. The van der Waals surface area contributed by atoms with Crippen molar-refractivity contribution in [1.29, 1.82) is 0 Å². The van der Waals surface area contributed by atoms with Crippen LogP contribution in [0.15, 0.2) is 115 Å². The summed E-state index contributed by atoms with van der Waals surface area (Å²) in [6, 6.07) is 43.4. The van der Waals surface area contributed by atoms with E-state index >= 15 is 0 Å². The Morgan fingerprint density at radius 2 is 1.12 bits per heavy atom. The van der Waals surface area contributed by atoms with Gasteiger partial charge in [-0.15, -0.1) is 0 Å². The molecule has 0 radical (unpaired) electrons. The monoisotopic (exact) mass is 655 g/mol. The van der Waals surface area contributed by atoms with Gasteiger partial charge in [-0.3, -0.25) is 0 Å². The van der Waals surface area contributed by atoms with Gasteiger partial charge in [-0.05, 0) is 126 Å². The third-order valence-electron chi connectivity index (χ3n) is 14.0. The second-order valence-corrected chi connectivity index (χ2v) is 17.7. The SMILES string of the molecule is CC1(C)CCC(C)(C)c2cc(N(c3ccccc3)c3ccc4c(c3)Oc3c(-c5ccccc5)cccc3C43C4CC5CC(C4)CC3C5)ccc21. The first-order valence-electron chi connectivity index (χ1n) is 19.2. The van der Waals surface area contributed by atoms with Crippen LogP contribution in [0.1, 0.15) is 94.9 Å². The number of hydrogen-bond donors (Lipinski definition) is 0. The maximum absolute atomic E-state index is 7.28. The fraction of sp³-hybridized carbons (Fsp3) is 0.375. The molecule has 0 amide bonds. The first kappa shape index (κ1) is 30.5. The van der Waals surface area contributed by atoms with Crippen LogP contribution in [0.4, 0.5) is 17.1 Å². The Balaban J connectivity index is 1.17. The first-order chi connectivity index (χ1) is 24.2. The van der Waals surface area contributed by atoms with E-state index in [4.69, 9.17) is 4.74 Å². The van der Waals surface area contributed by atoms with Gasteiger partial charge in [-0.25, -0.2) is 0 Å². The molecule has 50 heavy (non-hydrogen) atoms. The molecule has 5 aromatic carbocycles. The highest BCUT2D eigenvalue weighted by Gasteiger charge is 2.61. The molecule has 4 saturated carbocycles. The zero-order valence-corrected chi connectivity index (χ0v) is 30.1. The van der Waals surface area contributed by atoms with E-state index in [-0.39, 0.29) is 16.2 Å². The van der Waals surface area contributed by atoms with Gasteiger partial charge >= 0.3 is 0 Å². The zero-order valence-electron chi connectivity index (χ0n) is 30.1. The molecule has 1 aliphatic heterocycles. The fourth-order valence-electron chi connectivity index (χ4n) is 11.7. The minimum atomic E-state index is -0.00133. The van der Waals surface area contributed by atoms with Crippen LogP contribution >= 0.6 is 0 Å². The molecular formula is C48H49NO. The molecule has 5 aromatic rings. The van der Waals surface area contributed by atoms with E-state index in [0.717, 1.165) is 29.0 Å². The molecule has 2 heteroatoms. The lowest BCUT2D eigenvalue weighted by Crippen LogP contribution is -2.57. The quantitative estimate of drug-likeness (QED) is 0.191. The van der Waals surface area contributed by atoms with E-state index in [1.165, 1.54) is 89.7 Å². The number of anilines is 3. The second kappa shape index (κ2) is 10.8. The summed E-state index contributed by atoms with van der Waals surface area (Å²) in [4.78, 5) is 2.46. The molecule has 4 fully saturated rings. The molecule has 0 unspecified atom stereocenters. The predicted molar refractivity (Wildman–Crippen MR) is 206 cm³/mol. The van der Waals surface area contributed by atoms with Crippen molar-refractivity contribution in [2.75, 3.05) is 4.90 Å². The molecule has 0 atom stereocenters. The summed E-state index contributed by atoms with van der Waals surface area (Å²) in [6.07, 6.45) is 9.25. The number of benzene rings is 5. The zero-order chi connectivity index (χ0) is 33.8. The van der Waals surface area contributed by atoms with Crippen LogP contribution in [-0.2, 0) is 16.2 Å². The van der Waals surface area contributed by atoms with Crippen molar-refractivity contribution in [3.63, 3.8) is 0 Å². The predicted octanol–water partition coefficient (Wildman–Crippen LogP) is 13.0. The highest BCUT2D eigenvalue weighted by atomic mass is 16.5. The Kier molecular flexibility index (Phi) is 6.62. The first-order valence-corrected chi connectivity index (χ1v) is 19.2. The molecule has 1 spiro atoms. The smallest absolute Gasteiger partial charge is 0.139 e. The van der Waals surface area contributed by atoms with Crippen molar-refractivity contribution in [2.24, 2.45) is 23.7 Å². The molecule has 2 nitrogen and oxygen atoms in total. The summed E-state index contributed by atoms with van der Waals surface area (Å²) in [5, 5.41) is 0. The summed E-state index contributed by atoms with van der Waals surface area (Å²) in [5.74, 6) is 5.23. The molecule has 0 aromatic heterocycles. The molecule has 5 aliphatic carbocycles. The van der Waals surface area contributed by atoms with Gasteiger partial charge in [0.2, 0.25) is 0 Å². The number of rotatable bonds is 4. The Bertz CT molecular complexity index is 2080. The average Bonchev–Trinajstić information content (AvgIpc) is 3.12. The van der Waals surface area contributed by atoms with Crippen LogP contribution in [0.3, 0.4) is 0 Å². The molecule has 6 aliphatic rings. The number of nitrogens with zero attached hydrogens (tertiary/aromatic N) is 1. The van der Waals surface area contributed by atoms with Gasteiger partial charge in [0.1, 0.15) is 11.5 Å². The summed E-state index contributed by atoms with van der Waals surface area (Å²) in [5.41, 5.74) is 12.1. The van der Waals surface area contributed by atoms with Gasteiger partial charge in [0.25, 0.3) is 0 Å². The highest BCUT2D eigenvalue weighted by Crippen LogP contribution is 2.69. The highest BCUT2D eigenvalue weighted by molar-refractivity contribution is 5.81. The lowest BCUT2D eigenvalue weighted by Gasteiger charge is -2.63. The third-order valence-corrected chi connectivity index (χ3v) is 14.0. The molecule has 0 saturated heterocycles. The van der Waals surface area contributed by atoms with Gasteiger partial charge in [0.15, 0.2) is 0 Å². The Hall–Kier alpha value is -4.30. The van der Waals surface area contributed by atoms with Gasteiger partial charge in [-0.2, -0.15) is 0 Å². The third kappa shape index (κ3) is 4.39. The summed E-state index contributed by atoms with van der Waals surface area (Å²) >= 11 is 0. The lowest BCUT2D eigenvalue weighted by atomic mass is 9.41. The maximum Gasteiger partial charge on any atom is 0.139 e. The maximum atomic E-state index is 7.28. The second-order valence-electron chi connectivity index (χ2n) is 17.7. The molecule has 252 valence electrons. The summed E-state index contributed by atoms with van der Waals surface area (Å²) in [6.45, 7) is 9.68. The normalized spacial score (nSPS) is 27.6. The number of hydrogen-bond acceptors (Lipinski definition) is 2. The number of ether oxygens (including phenoxy) is 1. The number of para-hydroxylation sites is 2. The topological polar surface area (TPSA) is 12.5 Å². The van der Waals surface area contributed by atoms with Crippen LogP contribution in [0.25, 0.3) is 11.1 Å². The van der Waals surface area contributed by atoms with Crippen molar-refractivity contribution in [3.05, 3.63) is 138 Å². The van der Waals surface area contributed by atoms with Crippen LogP contribution in [0.2, 0.25) is 0 Å². The molecule has 1 heterocycles. The molecule has 0 N–H and O–H groups in total. The van der Waals surface area contributed by atoms with E-state index in [2.05, 4.69) is 148 Å². The average molecular weight is 656 g/mol.